The van der Waals surface area contributed by atoms with Crippen molar-refractivity contribution in [2.75, 3.05) is 25.5 Å². The van der Waals surface area contributed by atoms with Gasteiger partial charge in [-0.05, 0) is 56.8 Å². The van der Waals surface area contributed by atoms with Gasteiger partial charge in [0.1, 0.15) is 11.6 Å². The summed E-state index contributed by atoms with van der Waals surface area (Å²) in [6, 6.07) is 5.29. The number of carbonyl (C=O) groups excluding carboxylic acids is 1. The predicted octanol–water partition coefficient (Wildman–Crippen LogP) is 4.57. The zero-order valence-electron chi connectivity index (χ0n) is 17.6. The molecule has 7 heteroatoms. The summed E-state index contributed by atoms with van der Waals surface area (Å²) in [6.07, 6.45) is 4.69. The van der Waals surface area contributed by atoms with Crippen molar-refractivity contribution in [1.82, 2.24) is 14.9 Å². The molecule has 0 radical (unpaired) electrons. The van der Waals surface area contributed by atoms with Crippen LogP contribution in [-0.2, 0) is 17.8 Å². The maximum absolute atomic E-state index is 12.4. The number of H-pyrrole nitrogens is 1. The number of aryl methyl sites for hydroxylation is 2. The van der Waals surface area contributed by atoms with E-state index in [0.29, 0.717) is 28.8 Å². The lowest BCUT2D eigenvalue weighted by molar-refractivity contribution is -0.116. The highest BCUT2D eigenvalue weighted by atomic mass is 35.5. The van der Waals surface area contributed by atoms with Gasteiger partial charge in [-0.25, -0.2) is 4.98 Å². The highest BCUT2D eigenvalue weighted by Gasteiger charge is 2.22. The molecular weight excluding hydrogens is 388 g/mol. The number of hydrogen-bond acceptors (Lipinski definition) is 4. The van der Waals surface area contributed by atoms with Gasteiger partial charge in [-0.1, -0.05) is 18.5 Å². The summed E-state index contributed by atoms with van der Waals surface area (Å²) in [5, 5.41) is 3.43. The Balaban J connectivity index is 1.47. The van der Waals surface area contributed by atoms with Gasteiger partial charge in [0, 0.05) is 37.3 Å². The summed E-state index contributed by atoms with van der Waals surface area (Å²) in [7, 11) is 1.57. The summed E-state index contributed by atoms with van der Waals surface area (Å²) in [5.74, 6) is 2.23. The quantitative estimate of drug-likeness (QED) is 0.658. The second-order valence-corrected chi connectivity index (χ2v) is 8.20. The van der Waals surface area contributed by atoms with Crippen molar-refractivity contribution in [2.45, 2.75) is 52.5 Å². The van der Waals surface area contributed by atoms with Gasteiger partial charge in [0.05, 0.1) is 17.8 Å². The fraction of sp³-hybridized carbons (Fsp3) is 0.545. The lowest BCUT2D eigenvalue weighted by Crippen LogP contribution is -2.35. The first-order chi connectivity index (χ1) is 14.0. The van der Waals surface area contributed by atoms with Gasteiger partial charge in [0.25, 0.3) is 0 Å². The molecule has 0 spiro atoms. The van der Waals surface area contributed by atoms with Crippen molar-refractivity contribution >= 4 is 23.2 Å². The molecule has 29 heavy (non-hydrogen) atoms. The number of piperidine rings is 1. The molecule has 2 heterocycles. The lowest BCUT2D eigenvalue weighted by atomic mass is 9.93. The van der Waals surface area contributed by atoms with E-state index < -0.39 is 0 Å². The van der Waals surface area contributed by atoms with E-state index in [1.807, 2.05) is 6.07 Å². The van der Waals surface area contributed by atoms with Crippen molar-refractivity contribution < 1.29 is 9.53 Å². The average molecular weight is 419 g/mol. The molecule has 1 aliphatic heterocycles. The first-order valence-electron chi connectivity index (χ1n) is 10.4. The van der Waals surface area contributed by atoms with E-state index in [1.165, 1.54) is 18.5 Å². The molecule has 1 fully saturated rings. The minimum Gasteiger partial charge on any atom is -0.495 e. The number of anilines is 1. The summed E-state index contributed by atoms with van der Waals surface area (Å²) in [6.45, 7) is 7.22. The fourth-order valence-electron chi connectivity index (χ4n) is 3.93. The first kappa shape index (κ1) is 21.7. The minimum atomic E-state index is 0.0269. The molecule has 1 amide bonds. The number of nitrogens with zero attached hydrogens (tertiary/aromatic N) is 2. The third-order valence-electron chi connectivity index (χ3n) is 5.56. The van der Waals surface area contributed by atoms with E-state index in [0.717, 1.165) is 44.0 Å². The van der Waals surface area contributed by atoms with E-state index in [2.05, 4.69) is 29.0 Å². The summed E-state index contributed by atoms with van der Waals surface area (Å²) in [5.41, 5.74) is 3.02. The standard InChI is InChI=1S/C22H31ClN4O2/c1-4-21-24-15(2)19(26-21)14-27-11-5-6-16(13-27)7-10-22(28)25-17-8-9-20(29-3)18(23)12-17/h8-9,12,16H,4-7,10-11,13-14H2,1-3H3,(H,24,26)(H,25,28). The predicted molar refractivity (Wildman–Crippen MR) is 117 cm³/mol. The lowest BCUT2D eigenvalue weighted by Gasteiger charge is -2.32. The number of methoxy groups -OCH3 is 1. The zero-order valence-corrected chi connectivity index (χ0v) is 18.3. The molecule has 1 unspecified atom stereocenters. The molecule has 0 saturated carbocycles. The Kier molecular flexibility index (Phi) is 7.56. The molecule has 2 aromatic rings. The second kappa shape index (κ2) is 10.1. The summed E-state index contributed by atoms with van der Waals surface area (Å²) >= 11 is 6.13. The normalized spacial score (nSPS) is 17.3. The SMILES string of the molecule is CCc1nc(CN2CCCC(CCC(=O)Nc3ccc(OC)c(Cl)c3)C2)c(C)[nH]1. The van der Waals surface area contributed by atoms with Crippen LogP contribution in [0.1, 0.15) is 49.8 Å². The van der Waals surface area contributed by atoms with Gasteiger partial charge < -0.3 is 15.0 Å². The van der Waals surface area contributed by atoms with Crippen LogP contribution in [-0.4, -0.2) is 41.0 Å². The number of imidazole rings is 1. The molecule has 1 atom stereocenters. The van der Waals surface area contributed by atoms with Crippen LogP contribution < -0.4 is 10.1 Å². The van der Waals surface area contributed by atoms with Crippen LogP contribution in [0.3, 0.4) is 0 Å². The van der Waals surface area contributed by atoms with E-state index in [9.17, 15) is 4.79 Å². The fourth-order valence-corrected chi connectivity index (χ4v) is 4.19. The number of halogens is 1. The smallest absolute Gasteiger partial charge is 0.224 e. The van der Waals surface area contributed by atoms with Crippen molar-refractivity contribution in [3.63, 3.8) is 0 Å². The monoisotopic (exact) mass is 418 g/mol. The van der Waals surface area contributed by atoms with Crippen LogP contribution in [0.2, 0.25) is 5.02 Å². The minimum absolute atomic E-state index is 0.0269. The second-order valence-electron chi connectivity index (χ2n) is 7.79. The maximum Gasteiger partial charge on any atom is 0.224 e. The Labute approximate surface area is 178 Å². The van der Waals surface area contributed by atoms with Gasteiger partial charge in [-0.15, -0.1) is 0 Å². The Morgan fingerprint density at radius 3 is 2.97 bits per heavy atom. The van der Waals surface area contributed by atoms with Crippen LogP contribution in [0.15, 0.2) is 18.2 Å². The number of carbonyl (C=O) groups is 1. The van der Waals surface area contributed by atoms with Crippen LogP contribution in [0.25, 0.3) is 0 Å². The first-order valence-corrected chi connectivity index (χ1v) is 10.8. The van der Waals surface area contributed by atoms with Gasteiger partial charge in [-0.3, -0.25) is 9.69 Å². The summed E-state index contributed by atoms with van der Waals surface area (Å²) < 4.78 is 5.14. The maximum atomic E-state index is 12.4. The molecule has 0 bridgehead atoms. The third-order valence-corrected chi connectivity index (χ3v) is 5.86. The van der Waals surface area contributed by atoms with E-state index in [1.54, 1.807) is 19.2 Å². The Morgan fingerprint density at radius 2 is 2.28 bits per heavy atom. The molecule has 0 aliphatic carbocycles. The molecule has 1 aliphatic rings. The number of aromatic amines is 1. The highest BCUT2D eigenvalue weighted by molar-refractivity contribution is 6.32. The molecule has 1 aromatic carbocycles. The van der Waals surface area contributed by atoms with Crippen molar-refractivity contribution in [2.24, 2.45) is 5.92 Å². The molecule has 1 aromatic heterocycles. The number of nitrogens with one attached hydrogen (secondary N) is 2. The van der Waals surface area contributed by atoms with E-state index in [4.69, 9.17) is 21.3 Å². The number of ether oxygens (including phenoxy) is 1. The van der Waals surface area contributed by atoms with Crippen LogP contribution in [0.5, 0.6) is 5.75 Å². The Bertz CT molecular complexity index is 836. The molecular formula is C22H31ClN4O2. The number of likely N-dealkylation sites (tertiary alicyclic amines) is 1. The van der Waals surface area contributed by atoms with Crippen LogP contribution in [0, 0.1) is 12.8 Å². The van der Waals surface area contributed by atoms with Crippen molar-refractivity contribution in [1.29, 1.82) is 0 Å². The van der Waals surface area contributed by atoms with Crippen molar-refractivity contribution in [3.8, 4) is 5.75 Å². The number of amides is 1. The Morgan fingerprint density at radius 1 is 1.45 bits per heavy atom. The van der Waals surface area contributed by atoms with Gasteiger partial charge >= 0.3 is 0 Å². The average Bonchev–Trinajstić information content (AvgIpc) is 3.06. The zero-order chi connectivity index (χ0) is 20.8. The molecule has 158 valence electrons. The molecule has 6 nitrogen and oxygen atoms in total. The van der Waals surface area contributed by atoms with Gasteiger partial charge in [-0.2, -0.15) is 0 Å². The summed E-state index contributed by atoms with van der Waals surface area (Å²) in [4.78, 5) is 22.9. The van der Waals surface area contributed by atoms with E-state index >= 15 is 0 Å². The highest BCUT2D eigenvalue weighted by Crippen LogP contribution is 2.28. The number of hydrogen-bond donors (Lipinski definition) is 2. The Hall–Kier alpha value is -2.05. The number of aromatic nitrogens is 2. The number of rotatable bonds is 8. The number of benzene rings is 1. The third kappa shape index (κ3) is 5.97. The van der Waals surface area contributed by atoms with Gasteiger partial charge in [0.15, 0.2) is 0 Å². The van der Waals surface area contributed by atoms with Crippen LogP contribution in [0.4, 0.5) is 5.69 Å². The molecule has 2 N–H and O–H groups in total. The van der Waals surface area contributed by atoms with Crippen molar-refractivity contribution in [3.05, 3.63) is 40.4 Å². The van der Waals surface area contributed by atoms with Gasteiger partial charge in [0.2, 0.25) is 5.91 Å². The largest absolute Gasteiger partial charge is 0.495 e. The molecule has 1 saturated heterocycles. The topological polar surface area (TPSA) is 70.2 Å². The molecule has 3 rings (SSSR count). The van der Waals surface area contributed by atoms with Crippen LogP contribution >= 0.6 is 11.6 Å². The van der Waals surface area contributed by atoms with E-state index in [-0.39, 0.29) is 5.91 Å².